The van der Waals surface area contributed by atoms with Gasteiger partial charge in [0.15, 0.2) is 6.29 Å². The number of anilines is 1. The Balaban J connectivity index is 1.28. The van der Waals surface area contributed by atoms with Crippen LogP contribution in [-0.4, -0.2) is 65.6 Å². The van der Waals surface area contributed by atoms with E-state index in [1.807, 2.05) is 0 Å². The maximum absolute atomic E-state index is 12.1. The molecule has 2 N–H and O–H groups in total. The maximum atomic E-state index is 12.1. The normalized spacial score (nSPS) is 24.4. The standard InChI is InChI=1S/C25H36N4O5/c30-23(27-34-24-8-4-5-15-33-24)12-10-19-9-11-22(26-16-19)29(25(31)32)21-13-14-28(18-21)17-20-6-2-1-3-7-20/h9-12,16,20-21,24H,1-8,13-15,17-18H2,(H,27,30)(H,31,32)/t21-,24?/m1/s1. The summed E-state index contributed by atoms with van der Waals surface area (Å²) in [7, 11) is 0. The van der Waals surface area contributed by atoms with Crippen LogP contribution in [0.15, 0.2) is 24.4 Å². The Morgan fingerprint density at radius 1 is 1.18 bits per heavy atom. The first-order valence-corrected chi connectivity index (χ1v) is 12.5. The lowest BCUT2D eigenvalue weighted by molar-refractivity contribution is -0.198. The predicted molar refractivity (Wildman–Crippen MR) is 128 cm³/mol. The number of carbonyl (C=O) groups excluding carboxylic acids is 1. The van der Waals surface area contributed by atoms with Gasteiger partial charge in [-0.05, 0) is 61.8 Å². The predicted octanol–water partition coefficient (Wildman–Crippen LogP) is 3.81. The molecule has 0 radical (unpaired) electrons. The number of likely N-dealkylation sites (tertiary alicyclic amines) is 1. The van der Waals surface area contributed by atoms with Crippen LogP contribution in [0.25, 0.3) is 6.08 Å². The van der Waals surface area contributed by atoms with E-state index in [4.69, 9.17) is 9.57 Å². The summed E-state index contributed by atoms with van der Waals surface area (Å²) in [6.07, 6.45) is 13.3. The SMILES string of the molecule is O=C(C=Cc1ccc(N(C(=O)O)[C@@H]2CCN(CC3CCCCC3)C2)nc1)NOC1CCCCO1. The number of hydrogen-bond acceptors (Lipinski definition) is 6. The van der Waals surface area contributed by atoms with E-state index in [2.05, 4.69) is 15.4 Å². The van der Waals surface area contributed by atoms with Crippen molar-refractivity contribution in [3.05, 3.63) is 30.0 Å². The Bertz CT molecular complexity index is 834. The summed E-state index contributed by atoms with van der Waals surface area (Å²) < 4.78 is 5.41. The van der Waals surface area contributed by atoms with Crippen LogP contribution in [0.2, 0.25) is 0 Å². The zero-order chi connectivity index (χ0) is 23.8. The van der Waals surface area contributed by atoms with Crippen molar-refractivity contribution >= 4 is 23.9 Å². The van der Waals surface area contributed by atoms with Gasteiger partial charge in [-0.3, -0.25) is 9.69 Å². The number of amides is 2. The molecule has 2 atom stereocenters. The molecule has 1 aliphatic carbocycles. The largest absolute Gasteiger partial charge is 0.465 e. The fourth-order valence-corrected chi connectivity index (χ4v) is 5.14. The van der Waals surface area contributed by atoms with Gasteiger partial charge in [-0.2, -0.15) is 0 Å². The highest BCUT2D eigenvalue weighted by Crippen LogP contribution is 2.28. The zero-order valence-electron chi connectivity index (χ0n) is 19.7. The van der Waals surface area contributed by atoms with E-state index in [1.54, 1.807) is 24.4 Å². The highest BCUT2D eigenvalue weighted by atomic mass is 16.8. The number of aromatic nitrogens is 1. The summed E-state index contributed by atoms with van der Waals surface area (Å²) in [5, 5.41) is 9.88. The lowest BCUT2D eigenvalue weighted by Crippen LogP contribution is -2.42. The van der Waals surface area contributed by atoms with Gasteiger partial charge in [-0.1, -0.05) is 19.3 Å². The zero-order valence-corrected chi connectivity index (χ0v) is 19.7. The molecule has 4 rings (SSSR count). The molecule has 1 saturated carbocycles. The summed E-state index contributed by atoms with van der Waals surface area (Å²) in [5.74, 6) is 0.763. The second-order valence-electron chi connectivity index (χ2n) is 9.52. The van der Waals surface area contributed by atoms with Gasteiger partial charge in [-0.25, -0.2) is 20.1 Å². The highest BCUT2D eigenvalue weighted by molar-refractivity contribution is 5.91. The van der Waals surface area contributed by atoms with E-state index >= 15 is 0 Å². The lowest BCUT2D eigenvalue weighted by Gasteiger charge is -2.28. The first kappa shape index (κ1) is 24.6. The Morgan fingerprint density at radius 3 is 2.71 bits per heavy atom. The molecule has 0 bridgehead atoms. The van der Waals surface area contributed by atoms with Crippen molar-refractivity contribution in [3.63, 3.8) is 0 Å². The quantitative estimate of drug-likeness (QED) is 0.438. The molecular weight excluding hydrogens is 436 g/mol. The topological polar surface area (TPSA) is 104 Å². The summed E-state index contributed by atoms with van der Waals surface area (Å²) in [6, 6.07) is 3.36. The highest BCUT2D eigenvalue weighted by Gasteiger charge is 2.33. The molecule has 0 aromatic carbocycles. The minimum absolute atomic E-state index is 0.0973. The number of nitrogens with one attached hydrogen (secondary N) is 1. The number of pyridine rings is 1. The van der Waals surface area contributed by atoms with Gasteiger partial charge in [0.05, 0.1) is 6.04 Å². The molecule has 1 aromatic rings. The molecule has 3 aliphatic rings. The number of carboxylic acid groups (broad SMARTS) is 1. The van der Waals surface area contributed by atoms with Crippen LogP contribution < -0.4 is 10.4 Å². The molecule has 2 aliphatic heterocycles. The molecule has 3 heterocycles. The molecule has 9 nitrogen and oxygen atoms in total. The molecule has 2 saturated heterocycles. The van der Waals surface area contributed by atoms with Crippen molar-refractivity contribution in [1.29, 1.82) is 0 Å². The fraction of sp³-hybridized carbons (Fsp3) is 0.640. The molecule has 2 amide bonds. The lowest BCUT2D eigenvalue weighted by atomic mass is 9.89. The molecule has 9 heteroatoms. The van der Waals surface area contributed by atoms with Crippen LogP contribution in [0.5, 0.6) is 0 Å². The van der Waals surface area contributed by atoms with E-state index in [0.29, 0.717) is 18.0 Å². The molecular formula is C25H36N4O5. The van der Waals surface area contributed by atoms with Crippen LogP contribution in [0.3, 0.4) is 0 Å². The van der Waals surface area contributed by atoms with Gasteiger partial charge >= 0.3 is 6.09 Å². The van der Waals surface area contributed by atoms with Gasteiger partial charge in [0.1, 0.15) is 5.82 Å². The molecule has 0 spiro atoms. The Labute approximate surface area is 201 Å². The van der Waals surface area contributed by atoms with E-state index in [0.717, 1.165) is 51.2 Å². The van der Waals surface area contributed by atoms with Crippen LogP contribution >= 0.6 is 0 Å². The van der Waals surface area contributed by atoms with Crippen molar-refractivity contribution in [3.8, 4) is 0 Å². The van der Waals surface area contributed by atoms with Crippen molar-refractivity contribution < 1.29 is 24.3 Å². The number of carbonyl (C=O) groups is 2. The molecule has 186 valence electrons. The van der Waals surface area contributed by atoms with Crippen molar-refractivity contribution in [2.75, 3.05) is 31.1 Å². The Hall–Kier alpha value is -2.49. The number of hydroxylamine groups is 1. The summed E-state index contributed by atoms with van der Waals surface area (Å²) in [5.41, 5.74) is 3.07. The van der Waals surface area contributed by atoms with Gasteiger partial charge in [0, 0.05) is 44.9 Å². The monoisotopic (exact) mass is 472 g/mol. The number of nitrogens with zero attached hydrogens (tertiary/aromatic N) is 3. The first-order chi connectivity index (χ1) is 16.6. The number of ether oxygens (including phenoxy) is 1. The smallest absolute Gasteiger partial charge is 0.413 e. The number of rotatable bonds is 8. The number of hydrogen-bond donors (Lipinski definition) is 2. The molecule has 1 aromatic heterocycles. The van der Waals surface area contributed by atoms with Crippen molar-refractivity contribution in [2.24, 2.45) is 5.92 Å². The summed E-state index contributed by atoms with van der Waals surface area (Å²) in [6.45, 7) is 3.38. The maximum Gasteiger partial charge on any atom is 0.413 e. The van der Waals surface area contributed by atoms with Crippen LogP contribution in [0.1, 0.15) is 63.4 Å². The van der Waals surface area contributed by atoms with Crippen LogP contribution in [0, 0.1) is 5.92 Å². The molecule has 34 heavy (non-hydrogen) atoms. The average molecular weight is 473 g/mol. The Morgan fingerprint density at radius 2 is 2.00 bits per heavy atom. The third kappa shape index (κ3) is 7.01. The molecule has 3 fully saturated rings. The van der Waals surface area contributed by atoms with Gasteiger partial charge < -0.3 is 14.7 Å². The summed E-state index contributed by atoms with van der Waals surface area (Å²) >= 11 is 0. The van der Waals surface area contributed by atoms with Crippen LogP contribution in [-0.2, 0) is 14.4 Å². The minimum atomic E-state index is -0.984. The van der Waals surface area contributed by atoms with Crippen LogP contribution in [0.4, 0.5) is 10.6 Å². The first-order valence-electron chi connectivity index (χ1n) is 12.5. The van der Waals surface area contributed by atoms with E-state index in [9.17, 15) is 14.7 Å². The van der Waals surface area contributed by atoms with E-state index in [-0.39, 0.29) is 6.04 Å². The average Bonchev–Trinajstić information content (AvgIpc) is 3.31. The third-order valence-electron chi connectivity index (χ3n) is 6.93. The van der Waals surface area contributed by atoms with Crippen molar-refractivity contribution in [2.45, 2.75) is 70.1 Å². The minimum Gasteiger partial charge on any atom is -0.465 e. The van der Waals surface area contributed by atoms with E-state index in [1.165, 1.54) is 43.1 Å². The van der Waals surface area contributed by atoms with Gasteiger partial charge in [-0.15, -0.1) is 0 Å². The third-order valence-corrected chi connectivity index (χ3v) is 6.93. The summed E-state index contributed by atoms with van der Waals surface area (Å²) in [4.78, 5) is 37.5. The van der Waals surface area contributed by atoms with Crippen molar-refractivity contribution in [1.82, 2.24) is 15.4 Å². The van der Waals surface area contributed by atoms with Gasteiger partial charge in [0.25, 0.3) is 5.91 Å². The molecule has 1 unspecified atom stereocenters. The Kier molecular flexibility index (Phi) is 8.90. The van der Waals surface area contributed by atoms with Gasteiger partial charge in [0.2, 0.25) is 0 Å². The second kappa shape index (κ2) is 12.3. The van der Waals surface area contributed by atoms with E-state index < -0.39 is 18.3 Å². The fourth-order valence-electron chi connectivity index (χ4n) is 5.14. The second-order valence-corrected chi connectivity index (χ2v) is 9.52.